The average molecular weight is 302 g/mol. The lowest BCUT2D eigenvalue weighted by molar-refractivity contribution is -0.121. The van der Waals surface area contributed by atoms with Crippen LogP contribution in [0.15, 0.2) is 4.47 Å². The second-order valence-electron chi connectivity index (χ2n) is 4.33. The van der Waals surface area contributed by atoms with Gasteiger partial charge in [0.25, 0.3) is 0 Å². The topological polar surface area (TPSA) is 46.9 Å². The number of carbonyl (C=O) groups excluding carboxylic acids is 1. The van der Waals surface area contributed by atoms with E-state index in [0.717, 1.165) is 22.3 Å². The van der Waals surface area contributed by atoms with Crippen molar-refractivity contribution >= 4 is 21.8 Å². The fourth-order valence-corrected chi connectivity index (χ4v) is 1.83. The van der Waals surface area contributed by atoms with Crippen molar-refractivity contribution in [1.29, 1.82) is 0 Å². The van der Waals surface area contributed by atoms with Crippen LogP contribution in [0.25, 0.3) is 0 Å². The number of aryl methyl sites for hydroxylation is 2. The van der Waals surface area contributed by atoms with Crippen LogP contribution in [0.3, 0.4) is 0 Å². The zero-order valence-corrected chi connectivity index (χ0v) is 12.5. The van der Waals surface area contributed by atoms with Gasteiger partial charge in [0.15, 0.2) is 0 Å². The van der Waals surface area contributed by atoms with Crippen LogP contribution in [0.4, 0.5) is 0 Å². The predicted octanol–water partition coefficient (Wildman–Crippen LogP) is 2.57. The summed E-state index contributed by atoms with van der Waals surface area (Å²) in [7, 11) is 0. The van der Waals surface area contributed by atoms with Gasteiger partial charge in [0, 0.05) is 18.2 Å². The maximum atomic E-state index is 11.6. The van der Waals surface area contributed by atoms with Crippen LogP contribution in [0.2, 0.25) is 0 Å². The molecule has 0 aromatic carbocycles. The minimum Gasteiger partial charge on any atom is -0.354 e. The number of rotatable bonds is 5. The zero-order chi connectivity index (χ0) is 13.0. The highest BCUT2D eigenvalue weighted by Crippen LogP contribution is 2.19. The predicted molar refractivity (Wildman–Crippen MR) is 71.9 cm³/mol. The molecule has 1 heterocycles. The standard InChI is InChI=1S/C12H20BrN3O/c1-5-8(2)14-11(17)6-7-16-10(4)12(13)9(3)15-16/h8H,5-7H2,1-4H3,(H,14,17). The molecule has 4 nitrogen and oxygen atoms in total. The monoisotopic (exact) mass is 301 g/mol. The van der Waals surface area contributed by atoms with Gasteiger partial charge in [-0.1, -0.05) is 6.92 Å². The van der Waals surface area contributed by atoms with E-state index in [1.54, 1.807) is 0 Å². The maximum Gasteiger partial charge on any atom is 0.222 e. The summed E-state index contributed by atoms with van der Waals surface area (Å²) in [5.74, 6) is 0.0861. The van der Waals surface area contributed by atoms with Gasteiger partial charge in [-0.25, -0.2) is 0 Å². The molecule has 0 saturated heterocycles. The quantitative estimate of drug-likeness (QED) is 0.908. The first-order valence-corrected chi connectivity index (χ1v) is 6.73. The van der Waals surface area contributed by atoms with Gasteiger partial charge in [0.2, 0.25) is 5.91 Å². The smallest absolute Gasteiger partial charge is 0.222 e. The van der Waals surface area contributed by atoms with Crippen molar-refractivity contribution < 1.29 is 4.79 Å². The molecule has 96 valence electrons. The third-order valence-electron chi connectivity index (χ3n) is 2.86. The third-order valence-corrected chi connectivity index (χ3v) is 4.01. The Bertz CT molecular complexity index is 401. The van der Waals surface area contributed by atoms with Gasteiger partial charge in [-0.15, -0.1) is 0 Å². The molecule has 0 bridgehead atoms. The minimum absolute atomic E-state index is 0.0861. The minimum atomic E-state index is 0.0861. The SMILES string of the molecule is CCC(C)NC(=O)CCn1nc(C)c(Br)c1C. The van der Waals surface area contributed by atoms with Crippen molar-refractivity contribution in [2.75, 3.05) is 0 Å². The number of carbonyl (C=O) groups is 1. The number of hydrogen-bond acceptors (Lipinski definition) is 2. The van der Waals surface area contributed by atoms with Crippen LogP contribution in [0, 0.1) is 13.8 Å². The molecule has 1 unspecified atom stereocenters. The Morgan fingerprint density at radius 1 is 1.53 bits per heavy atom. The average Bonchev–Trinajstić information content (AvgIpc) is 2.54. The summed E-state index contributed by atoms with van der Waals surface area (Å²) < 4.78 is 2.90. The van der Waals surface area contributed by atoms with E-state index in [0.29, 0.717) is 13.0 Å². The Balaban J connectivity index is 2.50. The second kappa shape index (κ2) is 6.19. The molecule has 0 aliphatic rings. The molecule has 0 spiro atoms. The molecule has 0 saturated carbocycles. The molecule has 1 aromatic heterocycles. The highest BCUT2D eigenvalue weighted by molar-refractivity contribution is 9.10. The lowest BCUT2D eigenvalue weighted by atomic mass is 10.2. The van der Waals surface area contributed by atoms with Gasteiger partial charge >= 0.3 is 0 Å². The van der Waals surface area contributed by atoms with E-state index in [-0.39, 0.29) is 11.9 Å². The van der Waals surface area contributed by atoms with Gasteiger partial charge in [-0.2, -0.15) is 5.10 Å². The van der Waals surface area contributed by atoms with Crippen LogP contribution in [0.1, 0.15) is 38.1 Å². The molecule has 0 radical (unpaired) electrons. The third kappa shape index (κ3) is 3.84. The Kier molecular flexibility index (Phi) is 5.18. The van der Waals surface area contributed by atoms with Gasteiger partial charge in [0.1, 0.15) is 0 Å². The molecule has 1 atom stereocenters. The number of hydrogen-bond donors (Lipinski definition) is 1. The van der Waals surface area contributed by atoms with Crippen LogP contribution in [-0.2, 0) is 11.3 Å². The molecule has 1 amide bonds. The molecule has 0 aliphatic carbocycles. The van der Waals surface area contributed by atoms with Crippen molar-refractivity contribution in [1.82, 2.24) is 15.1 Å². The number of halogens is 1. The molecule has 5 heteroatoms. The number of nitrogens with one attached hydrogen (secondary N) is 1. The lowest BCUT2D eigenvalue weighted by Crippen LogP contribution is -2.32. The summed E-state index contributed by atoms with van der Waals surface area (Å²) in [6, 6.07) is 0.245. The van der Waals surface area contributed by atoms with Gasteiger partial charge in [-0.3, -0.25) is 9.48 Å². The molecule has 1 aromatic rings. The largest absolute Gasteiger partial charge is 0.354 e. The van der Waals surface area contributed by atoms with Crippen molar-refractivity contribution in [3.8, 4) is 0 Å². The molecule has 1 N–H and O–H groups in total. The number of amides is 1. The fraction of sp³-hybridized carbons (Fsp3) is 0.667. The first-order chi connectivity index (χ1) is 7.95. The molecular formula is C12H20BrN3O. The number of aromatic nitrogens is 2. The first kappa shape index (κ1) is 14.2. The van der Waals surface area contributed by atoms with E-state index >= 15 is 0 Å². The molecule has 0 fully saturated rings. The Hall–Kier alpha value is -0.840. The van der Waals surface area contributed by atoms with Crippen LogP contribution in [0.5, 0.6) is 0 Å². The molecule has 0 aliphatic heterocycles. The summed E-state index contributed by atoms with van der Waals surface area (Å²) in [4.78, 5) is 11.6. The van der Waals surface area contributed by atoms with Crippen LogP contribution < -0.4 is 5.32 Å². The molecule has 1 rings (SSSR count). The summed E-state index contributed by atoms with van der Waals surface area (Å²) in [6.45, 7) is 8.64. The van der Waals surface area contributed by atoms with Crippen molar-refractivity contribution in [2.45, 2.75) is 53.1 Å². The molecular weight excluding hydrogens is 282 g/mol. The van der Waals surface area contributed by atoms with Gasteiger partial charge < -0.3 is 5.32 Å². The van der Waals surface area contributed by atoms with E-state index in [2.05, 4.69) is 33.3 Å². The summed E-state index contributed by atoms with van der Waals surface area (Å²) in [6.07, 6.45) is 1.43. The Morgan fingerprint density at radius 3 is 2.65 bits per heavy atom. The first-order valence-electron chi connectivity index (χ1n) is 5.94. The highest BCUT2D eigenvalue weighted by Gasteiger charge is 2.10. The highest BCUT2D eigenvalue weighted by atomic mass is 79.9. The normalized spacial score (nSPS) is 12.5. The summed E-state index contributed by atoms with van der Waals surface area (Å²) in [5, 5.41) is 7.32. The zero-order valence-electron chi connectivity index (χ0n) is 10.9. The van der Waals surface area contributed by atoms with E-state index in [4.69, 9.17) is 0 Å². The molecule has 17 heavy (non-hydrogen) atoms. The van der Waals surface area contributed by atoms with E-state index < -0.39 is 0 Å². The Labute approximate surface area is 111 Å². The second-order valence-corrected chi connectivity index (χ2v) is 5.13. The summed E-state index contributed by atoms with van der Waals surface area (Å²) >= 11 is 3.47. The van der Waals surface area contributed by atoms with E-state index in [1.165, 1.54) is 0 Å². The van der Waals surface area contributed by atoms with Crippen LogP contribution in [-0.4, -0.2) is 21.7 Å². The van der Waals surface area contributed by atoms with Gasteiger partial charge in [-0.05, 0) is 43.1 Å². The Morgan fingerprint density at radius 2 is 2.18 bits per heavy atom. The van der Waals surface area contributed by atoms with Gasteiger partial charge in [0.05, 0.1) is 16.7 Å². The van der Waals surface area contributed by atoms with E-state index in [1.807, 2.05) is 25.5 Å². The maximum absolute atomic E-state index is 11.6. The fourth-order valence-electron chi connectivity index (χ4n) is 1.55. The van der Waals surface area contributed by atoms with E-state index in [9.17, 15) is 4.79 Å². The van der Waals surface area contributed by atoms with Crippen LogP contribution >= 0.6 is 15.9 Å². The van der Waals surface area contributed by atoms with Crippen molar-refractivity contribution in [2.24, 2.45) is 0 Å². The van der Waals surface area contributed by atoms with Crippen molar-refractivity contribution in [3.05, 3.63) is 15.9 Å². The lowest BCUT2D eigenvalue weighted by Gasteiger charge is -2.11. The summed E-state index contributed by atoms with van der Waals surface area (Å²) in [5.41, 5.74) is 2.03. The number of nitrogens with zero attached hydrogens (tertiary/aromatic N) is 2. The van der Waals surface area contributed by atoms with Crippen molar-refractivity contribution in [3.63, 3.8) is 0 Å².